The van der Waals surface area contributed by atoms with Gasteiger partial charge in [-0.25, -0.2) is 15.8 Å². The first-order valence-corrected chi connectivity index (χ1v) is 6.56. The molecule has 17 heavy (non-hydrogen) atoms. The fourth-order valence-electron chi connectivity index (χ4n) is 1.07. The molecule has 0 fully saturated rings. The standard InChI is InChI=1S/C9H10N4O2S2/c1-5-2-15-9(11-5)17-4-6-3-16-8(12-6)7(14)13-10/h2-3H,4,10H2,1H3,(H,13,14). The molecule has 0 spiro atoms. The van der Waals surface area contributed by atoms with Crippen molar-refractivity contribution in [2.24, 2.45) is 5.84 Å². The first-order chi connectivity index (χ1) is 8.19. The van der Waals surface area contributed by atoms with Gasteiger partial charge in [0, 0.05) is 11.1 Å². The van der Waals surface area contributed by atoms with Gasteiger partial charge in [-0.15, -0.1) is 11.3 Å². The van der Waals surface area contributed by atoms with Crippen LogP contribution < -0.4 is 11.3 Å². The molecule has 0 bridgehead atoms. The average Bonchev–Trinajstić information content (AvgIpc) is 2.94. The van der Waals surface area contributed by atoms with Crippen LogP contribution in [0.4, 0.5) is 0 Å². The lowest BCUT2D eigenvalue weighted by Gasteiger charge is -1.93. The highest BCUT2D eigenvalue weighted by Crippen LogP contribution is 2.22. The molecule has 1 amide bonds. The second-order valence-electron chi connectivity index (χ2n) is 3.16. The molecule has 0 radical (unpaired) electrons. The normalized spacial score (nSPS) is 10.5. The third-order valence-electron chi connectivity index (χ3n) is 1.82. The first-order valence-electron chi connectivity index (χ1n) is 4.69. The van der Waals surface area contributed by atoms with Crippen LogP contribution in [0.5, 0.6) is 0 Å². The predicted octanol–water partition coefficient (Wildman–Crippen LogP) is 1.34. The lowest BCUT2D eigenvalue weighted by atomic mass is 10.5. The molecule has 2 aromatic heterocycles. The van der Waals surface area contributed by atoms with Crippen molar-refractivity contribution in [2.75, 3.05) is 0 Å². The number of hydrazine groups is 1. The Balaban J connectivity index is 1.95. The van der Waals surface area contributed by atoms with E-state index in [1.165, 1.54) is 23.1 Å². The number of hydrogen-bond acceptors (Lipinski definition) is 7. The summed E-state index contributed by atoms with van der Waals surface area (Å²) in [7, 11) is 0. The van der Waals surface area contributed by atoms with E-state index in [-0.39, 0.29) is 5.91 Å². The van der Waals surface area contributed by atoms with Crippen LogP contribution >= 0.6 is 23.1 Å². The van der Waals surface area contributed by atoms with E-state index in [1.807, 2.05) is 17.7 Å². The van der Waals surface area contributed by atoms with Crippen LogP contribution in [0.2, 0.25) is 0 Å². The number of thioether (sulfide) groups is 1. The molecular weight excluding hydrogens is 260 g/mol. The van der Waals surface area contributed by atoms with Gasteiger partial charge in [0.25, 0.3) is 11.1 Å². The minimum Gasteiger partial charge on any atom is -0.440 e. The Morgan fingerprint density at radius 2 is 2.47 bits per heavy atom. The molecular formula is C9H10N4O2S2. The van der Waals surface area contributed by atoms with Gasteiger partial charge >= 0.3 is 0 Å². The molecule has 0 aliphatic rings. The molecule has 0 unspecified atom stereocenters. The number of carbonyl (C=O) groups excluding carboxylic acids is 1. The highest BCUT2D eigenvalue weighted by Gasteiger charge is 2.10. The number of aryl methyl sites for hydroxylation is 1. The Bertz CT molecular complexity index is 523. The van der Waals surface area contributed by atoms with Crippen molar-refractivity contribution in [1.29, 1.82) is 0 Å². The van der Waals surface area contributed by atoms with Crippen molar-refractivity contribution in [3.05, 3.63) is 28.0 Å². The van der Waals surface area contributed by atoms with Crippen LogP contribution in [0.15, 0.2) is 21.3 Å². The minimum atomic E-state index is -0.377. The lowest BCUT2D eigenvalue weighted by Crippen LogP contribution is -2.29. The Morgan fingerprint density at radius 3 is 3.12 bits per heavy atom. The minimum absolute atomic E-state index is 0.353. The number of thiazole rings is 1. The zero-order valence-corrected chi connectivity index (χ0v) is 10.6. The maximum Gasteiger partial charge on any atom is 0.294 e. The Morgan fingerprint density at radius 1 is 1.65 bits per heavy atom. The molecule has 0 saturated carbocycles. The van der Waals surface area contributed by atoms with E-state index in [2.05, 4.69) is 9.97 Å². The molecule has 3 N–H and O–H groups in total. The van der Waals surface area contributed by atoms with Crippen molar-refractivity contribution in [2.45, 2.75) is 17.9 Å². The molecule has 2 rings (SSSR count). The summed E-state index contributed by atoms with van der Waals surface area (Å²) >= 11 is 2.69. The van der Waals surface area contributed by atoms with Gasteiger partial charge in [0.1, 0.15) is 6.26 Å². The molecule has 6 nitrogen and oxygen atoms in total. The summed E-state index contributed by atoms with van der Waals surface area (Å²) in [5.41, 5.74) is 3.69. The van der Waals surface area contributed by atoms with Crippen molar-refractivity contribution in [1.82, 2.24) is 15.4 Å². The number of aromatic nitrogens is 2. The van der Waals surface area contributed by atoms with E-state index in [0.29, 0.717) is 16.0 Å². The maximum absolute atomic E-state index is 11.2. The van der Waals surface area contributed by atoms with Gasteiger partial charge in [-0.2, -0.15) is 0 Å². The molecule has 0 aliphatic carbocycles. The van der Waals surface area contributed by atoms with E-state index < -0.39 is 0 Å². The number of hydrogen-bond donors (Lipinski definition) is 2. The van der Waals surface area contributed by atoms with Gasteiger partial charge in [0.05, 0.1) is 11.4 Å². The molecule has 0 aromatic carbocycles. The quantitative estimate of drug-likeness (QED) is 0.377. The number of nitrogens with zero attached hydrogens (tertiary/aromatic N) is 2. The third kappa shape index (κ3) is 3.05. The zero-order chi connectivity index (χ0) is 12.3. The van der Waals surface area contributed by atoms with E-state index in [1.54, 1.807) is 6.26 Å². The monoisotopic (exact) mass is 270 g/mol. The van der Waals surface area contributed by atoms with Crippen LogP contribution in [-0.2, 0) is 5.75 Å². The smallest absolute Gasteiger partial charge is 0.294 e. The third-order valence-corrected chi connectivity index (χ3v) is 3.58. The van der Waals surface area contributed by atoms with E-state index in [0.717, 1.165) is 11.4 Å². The van der Waals surface area contributed by atoms with E-state index >= 15 is 0 Å². The summed E-state index contributed by atoms with van der Waals surface area (Å²) in [6.07, 6.45) is 1.59. The number of nitrogens with one attached hydrogen (secondary N) is 1. The molecule has 8 heteroatoms. The highest BCUT2D eigenvalue weighted by atomic mass is 32.2. The Hall–Kier alpha value is -1.38. The predicted molar refractivity (Wildman–Crippen MR) is 64.6 cm³/mol. The number of amides is 1. The molecule has 0 atom stereocenters. The largest absolute Gasteiger partial charge is 0.440 e. The van der Waals surface area contributed by atoms with E-state index in [9.17, 15) is 4.79 Å². The molecule has 90 valence electrons. The maximum atomic E-state index is 11.2. The molecule has 2 heterocycles. The zero-order valence-electron chi connectivity index (χ0n) is 8.97. The summed E-state index contributed by atoms with van der Waals surface area (Å²) in [6, 6.07) is 0. The van der Waals surface area contributed by atoms with Gasteiger partial charge in [-0.3, -0.25) is 10.2 Å². The summed E-state index contributed by atoms with van der Waals surface area (Å²) < 4.78 is 5.19. The number of oxazole rings is 1. The Kier molecular flexibility index (Phi) is 3.77. The van der Waals surface area contributed by atoms with Gasteiger partial charge in [0.2, 0.25) is 0 Å². The van der Waals surface area contributed by atoms with Gasteiger partial charge < -0.3 is 4.42 Å². The van der Waals surface area contributed by atoms with Crippen LogP contribution in [0.1, 0.15) is 21.2 Å². The topological polar surface area (TPSA) is 94.0 Å². The Labute approximate surface area is 106 Å². The van der Waals surface area contributed by atoms with Crippen molar-refractivity contribution in [3.63, 3.8) is 0 Å². The van der Waals surface area contributed by atoms with Crippen LogP contribution in [0.25, 0.3) is 0 Å². The van der Waals surface area contributed by atoms with E-state index in [4.69, 9.17) is 10.3 Å². The van der Waals surface area contributed by atoms with Crippen LogP contribution in [0, 0.1) is 6.92 Å². The first kappa shape index (κ1) is 12.1. The van der Waals surface area contributed by atoms with Crippen molar-refractivity contribution in [3.8, 4) is 0 Å². The van der Waals surface area contributed by atoms with Gasteiger partial charge in [-0.1, -0.05) is 11.8 Å². The number of nitrogen functional groups attached to an aromatic ring is 1. The summed E-state index contributed by atoms with van der Waals surface area (Å²) in [6.45, 7) is 1.86. The average molecular weight is 270 g/mol. The van der Waals surface area contributed by atoms with Gasteiger partial charge in [-0.05, 0) is 6.92 Å². The fraction of sp³-hybridized carbons (Fsp3) is 0.222. The summed E-state index contributed by atoms with van der Waals surface area (Å²) in [5, 5.41) is 2.76. The second kappa shape index (κ2) is 5.30. The second-order valence-corrected chi connectivity index (χ2v) is 4.95. The lowest BCUT2D eigenvalue weighted by molar-refractivity contribution is 0.0953. The molecule has 2 aromatic rings. The van der Waals surface area contributed by atoms with Crippen LogP contribution in [-0.4, -0.2) is 15.9 Å². The molecule has 0 saturated heterocycles. The van der Waals surface area contributed by atoms with Crippen molar-refractivity contribution < 1.29 is 9.21 Å². The van der Waals surface area contributed by atoms with Crippen molar-refractivity contribution >= 4 is 29.0 Å². The number of rotatable bonds is 4. The van der Waals surface area contributed by atoms with Crippen LogP contribution in [0.3, 0.4) is 0 Å². The fourth-order valence-corrected chi connectivity index (χ4v) is 2.64. The highest BCUT2D eigenvalue weighted by molar-refractivity contribution is 7.98. The van der Waals surface area contributed by atoms with Gasteiger partial charge in [0.15, 0.2) is 5.01 Å². The summed E-state index contributed by atoms with van der Waals surface area (Å²) in [4.78, 5) is 19.5. The molecule has 0 aliphatic heterocycles. The summed E-state index contributed by atoms with van der Waals surface area (Å²) in [5.74, 6) is 5.25. The number of nitrogens with two attached hydrogens (primary N) is 1. The number of carbonyl (C=O) groups is 1. The SMILES string of the molecule is Cc1coc(SCc2csc(C(=O)NN)n2)n1.